The van der Waals surface area contributed by atoms with Crippen LogP contribution in [0.15, 0.2) is 77.0 Å². The molecule has 0 aliphatic carbocycles. The Hall–Kier alpha value is -3.44. The molecule has 4 rings (SSSR count). The summed E-state index contributed by atoms with van der Waals surface area (Å²) in [7, 11) is -3.84. The van der Waals surface area contributed by atoms with Crippen molar-refractivity contribution in [2.45, 2.75) is 28.6 Å². The van der Waals surface area contributed by atoms with Crippen LogP contribution in [-0.2, 0) is 14.8 Å². The Balaban J connectivity index is 1.42. The van der Waals surface area contributed by atoms with E-state index >= 15 is 0 Å². The average Bonchev–Trinajstić information content (AvgIpc) is 3.21. The summed E-state index contributed by atoms with van der Waals surface area (Å²) in [5, 5.41) is 3.14. The molecule has 32 heavy (non-hydrogen) atoms. The number of amides is 1. The van der Waals surface area contributed by atoms with E-state index < -0.39 is 10.0 Å². The Kier molecular flexibility index (Phi) is 6.37. The number of aromatic amines is 1. The lowest BCUT2D eigenvalue weighted by Crippen LogP contribution is -2.24. The quantitative estimate of drug-likeness (QED) is 0.336. The Morgan fingerprint density at radius 1 is 1.06 bits per heavy atom. The van der Waals surface area contributed by atoms with E-state index in [1.165, 1.54) is 48.4 Å². The highest BCUT2D eigenvalue weighted by molar-refractivity contribution is 8.00. The molecule has 0 saturated carbocycles. The van der Waals surface area contributed by atoms with Crippen molar-refractivity contribution in [2.75, 3.05) is 10.0 Å². The lowest BCUT2D eigenvalue weighted by atomic mass is 10.3. The Morgan fingerprint density at radius 2 is 1.78 bits per heavy atom. The largest absolute Gasteiger partial charge is 0.333 e. The Bertz CT molecular complexity index is 1290. The number of carbonyl (C=O) groups excluding carboxylic acids is 1. The maximum atomic E-state index is 12.8. The number of aromatic nitrogens is 4. The van der Waals surface area contributed by atoms with Crippen LogP contribution >= 0.6 is 11.8 Å². The van der Waals surface area contributed by atoms with E-state index in [0.717, 1.165) is 11.0 Å². The predicted molar refractivity (Wildman–Crippen MR) is 124 cm³/mol. The summed E-state index contributed by atoms with van der Waals surface area (Å²) >= 11 is 1.35. The number of fused-ring (bicyclic) bond motifs is 1. The monoisotopic (exact) mass is 468 g/mol. The third-order valence-electron chi connectivity index (χ3n) is 4.51. The zero-order valence-electron chi connectivity index (χ0n) is 17.0. The van der Waals surface area contributed by atoms with Gasteiger partial charge in [-0.15, -0.1) is 0 Å². The van der Waals surface area contributed by atoms with Gasteiger partial charge in [-0.3, -0.25) is 4.79 Å². The van der Waals surface area contributed by atoms with Crippen molar-refractivity contribution in [1.29, 1.82) is 0 Å². The minimum Gasteiger partial charge on any atom is -0.333 e. The van der Waals surface area contributed by atoms with Gasteiger partial charge in [-0.2, -0.15) is 0 Å². The maximum absolute atomic E-state index is 12.8. The van der Waals surface area contributed by atoms with Crippen LogP contribution in [0, 0.1) is 0 Å². The number of nitrogens with zero attached hydrogens (tertiary/aromatic N) is 3. The summed E-state index contributed by atoms with van der Waals surface area (Å²) in [6, 6.07) is 15.2. The molecule has 2 heterocycles. The highest BCUT2D eigenvalue weighted by Crippen LogP contribution is 2.26. The van der Waals surface area contributed by atoms with Crippen LogP contribution in [-0.4, -0.2) is 39.5 Å². The van der Waals surface area contributed by atoms with Crippen LogP contribution in [0.4, 0.5) is 11.6 Å². The second kappa shape index (κ2) is 9.37. The molecule has 9 nitrogen and oxygen atoms in total. The van der Waals surface area contributed by atoms with Gasteiger partial charge in [0.05, 0.1) is 21.2 Å². The highest BCUT2D eigenvalue weighted by Gasteiger charge is 2.21. The first kappa shape index (κ1) is 21.8. The van der Waals surface area contributed by atoms with E-state index in [2.05, 4.69) is 30.0 Å². The molecular formula is C21H20N6O3S2. The fourth-order valence-electron chi connectivity index (χ4n) is 2.91. The molecule has 1 atom stereocenters. The molecule has 11 heteroatoms. The highest BCUT2D eigenvalue weighted by atomic mass is 32.2. The van der Waals surface area contributed by atoms with Crippen LogP contribution in [0.2, 0.25) is 0 Å². The number of benzene rings is 2. The number of carbonyl (C=O) groups is 1. The van der Waals surface area contributed by atoms with E-state index in [0.29, 0.717) is 17.3 Å². The van der Waals surface area contributed by atoms with Crippen LogP contribution < -0.4 is 10.0 Å². The van der Waals surface area contributed by atoms with Crippen molar-refractivity contribution >= 4 is 50.4 Å². The number of para-hydroxylation sites is 2. The molecule has 164 valence electrons. The summed E-state index contributed by atoms with van der Waals surface area (Å²) < 4.78 is 27.3. The number of imidazole rings is 1. The van der Waals surface area contributed by atoms with E-state index in [9.17, 15) is 13.2 Å². The molecule has 0 aliphatic rings. The molecular weight excluding hydrogens is 448 g/mol. The van der Waals surface area contributed by atoms with Crippen molar-refractivity contribution in [1.82, 2.24) is 19.9 Å². The average molecular weight is 469 g/mol. The molecule has 0 aliphatic heterocycles. The third kappa shape index (κ3) is 5.06. The standard InChI is InChI=1S/C21H20N6O3S2/c1-2-18(31-21-25-16-6-3-4-7-17(16)26-21)19(28)24-14-8-10-15(11-9-14)32(29,30)27-20-22-12-5-13-23-20/h3-13,18H,2H2,1H3,(H,24,28)(H,25,26)(H,22,23,27). The van der Waals surface area contributed by atoms with E-state index in [1.54, 1.807) is 6.07 Å². The SMILES string of the molecule is CCC(Sc1nc2ccccc2[nH]1)C(=O)Nc1ccc(S(=O)(=O)Nc2ncccn2)cc1. The van der Waals surface area contributed by atoms with Crippen molar-refractivity contribution in [3.8, 4) is 0 Å². The fraction of sp³-hybridized carbons (Fsp3) is 0.143. The van der Waals surface area contributed by atoms with Gasteiger partial charge < -0.3 is 10.3 Å². The summed E-state index contributed by atoms with van der Waals surface area (Å²) in [6.07, 6.45) is 3.48. The van der Waals surface area contributed by atoms with Crippen molar-refractivity contribution in [3.05, 3.63) is 67.0 Å². The predicted octanol–water partition coefficient (Wildman–Crippen LogP) is 3.66. The van der Waals surface area contributed by atoms with Gasteiger partial charge in [-0.05, 0) is 48.9 Å². The van der Waals surface area contributed by atoms with Gasteiger partial charge in [0.1, 0.15) is 0 Å². The maximum Gasteiger partial charge on any atom is 0.264 e. The zero-order chi connectivity index (χ0) is 22.6. The number of anilines is 2. The number of rotatable bonds is 8. The molecule has 0 saturated heterocycles. The molecule has 0 fully saturated rings. The first-order valence-electron chi connectivity index (χ1n) is 9.77. The minimum absolute atomic E-state index is 0.0155. The van der Waals surface area contributed by atoms with E-state index in [-0.39, 0.29) is 22.0 Å². The van der Waals surface area contributed by atoms with Gasteiger partial charge in [0, 0.05) is 18.1 Å². The normalized spacial score (nSPS) is 12.4. The van der Waals surface area contributed by atoms with Crippen LogP contribution in [0.5, 0.6) is 0 Å². The van der Waals surface area contributed by atoms with Crippen LogP contribution in [0.3, 0.4) is 0 Å². The van der Waals surface area contributed by atoms with Crippen LogP contribution in [0.25, 0.3) is 11.0 Å². The van der Waals surface area contributed by atoms with Crippen molar-refractivity contribution < 1.29 is 13.2 Å². The number of hydrogen-bond acceptors (Lipinski definition) is 7. The van der Waals surface area contributed by atoms with Gasteiger partial charge >= 0.3 is 0 Å². The number of hydrogen-bond donors (Lipinski definition) is 3. The van der Waals surface area contributed by atoms with E-state index in [1.807, 2.05) is 31.2 Å². The van der Waals surface area contributed by atoms with Crippen molar-refractivity contribution in [3.63, 3.8) is 0 Å². The molecule has 1 amide bonds. The number of nitrogens with one attached hydrogen (secondary N) is 3. The summed E-state index contributed by atoms with van der Waals surface area (Å²) in [4.78, 5) is 28.2. The Labute approximate surface area is 189 Å². The topological polar surface area (TPSA) is 130 Å². The molecule has 4 aromatic rings. The van der Waals surface area contributed by atoms with Gasteiger partial charge in [-0.25, -0.2) is 28.1 Å². The second-order valence-electron chi connectivity index (χ2n) is 6.77. The smallest absolute Gasteiger partial charge is 0.264 e. The zero-order valence-corrected chi connectivity index (χ0v) is 18.7. The van der Waals surface area contributed by atoms with Gasteiger partial charge in [0.25, 0.3) is 10.0 Å². The first-order chi connectivity index (χ1) is 15.4. The summed E-state index contributed by atoms with van der Waals surface area (Å²) in [5.41, 5.74) is 2.25. The van der Waals surface area contributed by atoms with Gasteiger partial charge in [0.2, 0.25) is 11.9 Å². The van der Waals surface area contributed by atoms with E-state index in [4.69, 9.17) is 0 Å². The number of sulfonamides is 1. The molecule has 2 aromatic heterocycles. The lowest BCUT2D eigenvalue weighted by Gasteiger charge is -2.14. The van der Waals surface area contributed by atoms with Gasteiger partial charge in [0.15, 0.2) is 5.16 Å². The second-order valence-corrected chi connectivity index (χ2v) is 9.64. The first-order valence-corrected chi connectivity index (χ1v) is 12.1. The minimum atomic E-state index is -3.84. The fourth-order valence-corrected chi connectivity index (χ4v) is 4.79. The lowest BCUT2D eigenvalue weighted by molar-refractivity contribution is -0.115. The van der Waals surface area contributed by atoms with Gasteiger partial charge in [-0.1, -0.05) is 30.8 Å². The molecule has 0 radical (unpaired) electrons. The molecule has 0 bridgehead atoms. The molecule has 3 N–H and O–H groups in total. The van der Waals surface area contributed by atoms with Crippen LogP contribution in [0.1, 0.15) is 13.3 Å². The third-order valence-corrected chi connectivity index (χ3v) is 7.10. The summed E-state index contributed by atoms with van der Waals surface area (Å²) in [5.74, 6) is -0.206. The molecule has 2 aromatic carbocycles. The Morgan fingerprint density at radius 3 is 2.47 bits per heavy atom. The number of thioether (sulfide) groups is 1. The van der Waals surface area contributed by atoms with Crippen molar-refractivity contribution in [2.24, 2.45) is 0 Å². The number of H-pyrrole nitrogens is 1. The molecule has 1 unspecified atom stereocenters. The molecule has 0 spiro atoms. The summed E-state index contributed by atoms with van der Waals surface area (Å²) in [6.45, 7) is 1.92.